The van der Waals surface area contributed by atoms with E-state index in [1.807, 2.05) is 29.8 Å². The second-order valence-corrected chi connectivity index (χ2v) is 11.8. The van der Waals surface area contributed by atoms with Crippen LogP contribution in [0.5, 0.6) is 0 Å². The zero-order chi connectivity index (χ0) is 26.9. The first-order valence-corrected chi connectivity index (χ1v) is 13.7. The third-order valence-electron chi connectivity index (χ3n) is 9.16. The van der Waals surface area contributed by atoms with E-state index in [9.17, 15) is 18.0 Å². The van der Waals surface area contributed by atoms with Crippen molar-refractivity contribution in [3.05, 3.63) is 82.1 Å². The second kappa shape index (κ2) is 8.81. The van der Waals surface area contributed by atoms with Crippen LogP contribution in [-0.2, 0) is 19.8 Å². The molecule has 3 aliphatic rings. The van der Waals surface area contributed by atoms with E-state index in [0.29, 0.717) is 29.1 Å². The second-order valence-electron chi connectivity index (χ2n) is 11.8. The van der Waals surface area contributed by atoms with E-state index in [-0.39, 0.29) is 11.4 Å². The lowest BCUT2D eigenvalue weighted by molar-refractivity contribution is -0.136. The highest BCUT2D eigenvalue weighted by Crippen LogP contribution is 2.53. The molecule has 2 aliphatic carbocycles. The SMILES string of the molecule is Cn1cnnc1C(c1cccc(-n2cc3c(C(F)(F)F)cc(CN4CCC5(CC5)C4)cn3c2=O)c1)C1CCC1. The number of imidazole rings is 1. The van der Waals surface area contributed by atoms with E-state index in [1.54, 1.807) is 18.6 Å². The standard InChI is InChI=1S/C29H31F3N6O/c1-35-18-33-34-26(35)25(20-4-2-5-20)21-6-3-7-22(13-21)37-16-24-23(29(30,31)32)12-19(15-38(24)27(37)39)14-36-11-10-28(17-36)8-9-28/h3,6-7,12-13,15-16,18,20,25H,2,4-5,8-11,14,17H2,1H3. The lowest BCUT2D eigenvalue weighted by Gasteiger charge is -2.33. The fourth-order valence-corrected chi connectivity index (χ4v) is 6.60. The molecular formula is C29H31F3N6O. The van der Waals surface area contributed by atoms with Gasteiger partial charge in [0, 0.05) is 38.4 Å². The Labute approximate surface area is 223 Å². The Morgan fingerprint density at radius 1 is 1.13 bits per heavy atom. The third-order valence-corrected chi connectivity index (χ3v) is 9.16. The van der Waals surface area contributed by atoms with Gasteiger partial charge in [-0.3, -0.25) is 13.9 Å². The molecule has 1 aromatic carbocycles. The summed E-state index contributed by atoms with van der Waals surface area (Å²) in [7, 11) is 1.92. The predicted octanol–water partition coefficient (Wildman–Crippen LogP) is 5.16. The molecule has 1 saturated heterocycles. The van der Waals surface area contributed by atoms with Crippen LogP contribution in [0.25, 0.3) is 11.2 Å². The maximum absolute atomic E-state index is 14.2. The summed E-state index contributed by atoms with van der Waals surface area (Å²) in [5, 5.41) is 8.43. The van der Waals surface area contributed by atoms with Gasteiger partial charge in [-0.2, -0.15) is 13.2 Å². The average Bonchev–Trinajstić information content (AvgIpc) is 3.14. The molecule has 3 aromatic heterocycles. The molecule has 3 fully saturated rings. The number of rotatable bonds is 6. The third kappa shape index (κ3) is 4.29. The number of aromatic nitrogens is 5. The van der Waals surface area contributed by atoms with Crippen molar-refractivity contribution < 1.29 is 13.2 Å². The van der Waals surface area contributed by atoms with Crippen LogP contribution in [0.1, 0.15) is 67.0 Å². The van der Waals surface area contributed by atoms with E-state index in [4.69, 9.17) is 0 Å². The van der Waals surface area contributed by atoms with Gasteiger partial charge in [0.15, 0.2) is 0 Å². The number of pyridine rings is 1. The Bertz CT molecular complexity index is 1610. The number of hydrogen-bond donors (Lipinski definition) is 0. The van der Waals surface area contributed by atoms with Gasteiger partial charge in [-0.25, -0.2) is 4.79 Å². The summed E-state index contributed by atoms with van der Waals surface area (Å²) in [5.41, 5.74) is 0.990. The fraction of sp³-hybridized carbons (Fsp3) is 0.483. The minimum atomic E-state index is -4.58. The van der Waals surface area contributed by atoms with Crippen LogP contribution in [0.3, 0.4) is 0 Å². The number of alkyl halides is 3. The van der Waals surface area contributed by atoms with Crippen LogP contribution < -0.4 is 5.69 Å². The van der Waals surface area contributed by atoms with Crippen molar-refractivity contribution in [1.82, 2.24) is 28.6 Å². The Hall–Kier alpha value is -3.40. The zero-order valence-corrected chi connectivity index (χ0v) is 21.9. The van der Waals surface area contributed by atoms with Gasteiger partial charge in [0.1, 0.15) is 12.2 Å². The number of fused-ring (bicyclic) bond motifs is 1. The minimum absolute atomic E-state index is 0.00601. The lowest BCUT2D eigenvalue weighted by atomic mass is 9.72. The van der Waals surface area contributed by atoms with Crippen LogP contribution >= 0.6 is 0 Å². The highest BCUT2D eigenvalue weighted by molar-refractivity contribution is 5.58. The predicted molar refractivity (Wildman–Crippen MR) is 140 cm³/mol. The van der Waals surface area contributed by atoms with Crippen LogP contribution in [0.4, 0.5) is 13.2 Å². The van der Waals surface area contributed by atoms with Crippen molar-refractivity contribution in [3.8, 4) is 5.69 Å². The van der Waals surface area contributed by atoms with Gasteiger partial charge in [0.05, 0.1) is 16.8 Å². The topological polar surface area (TPSA) is 60.4 Å². The molecule has 4 heterocycles. The molecule has 2 saturated carbocycles. The maximum atomic E-state index is 14.2. The Balaban J connectivity index is 1.29. The first-order valence-electron chi connectivity index (χ1n) is 13.7. The summed E-state index contributed by atoms with van der Waals surface area (Å²) in [6, 6.07) is 8.76. The monoisotopic (exact) mass is 536 g/mol. The van der Waals surface area contributed by atoms with Gasteiger partial charge in [0.25, 0.3) is 0 Å². The van der Waals surface area contributed by atoms with E-state index in [1.165, 1.54) is 34.1 Å². The average molecular weight is 537 g/mol. The number of halogens is 3. The van der Waals surface area contributed by atoms with Gasteiger partial charge < -0.3 is 4.57 Å². The Morgan fingerprint density at radius 3 is 2.59 bits per heavy atom. The number of benzene rings is 1. The van der Waals surface area contributed by atoms with Crippen molar-refractivity contribution in [2.24, 2.45) is 18.4 Å². The summed E-state index contributed by atoms with van der Waals surface area (Å²) in [6.45, 7) is 2.22. The molecule has 1 aliphatic heterocycles. The number of nitrogens with zero attached hydrogens (tertiary/aromatic N) is 6. The normalized spacial score (nSPS) is 20.1. The van der Waals surface area contributed by atoms with Crippen molar-refractivity contribution in [3.63, 3.8) is 0 Å². The van der Waals surface area contributed by atoms with Crippen LogP contribution in [-0.4, -0.2) is 41.7 Å². The summed E-state index contributed by atoms with van der Waals surface area (Å²) >= 11 is 0. The van der Waals surface area contributed by atoms with E-state index < -0.39 is 17.4 Å². The molecule has 0 amide bonds. The van der Waals surface area contributed by atoms with Crippen molar-refractivity contribution in [2.45, 2.75) is 57.2 Å². The number of aryl methyl sites for hydroxylation is 1. The largest absolute Gasteiger partial charge is 0.418 e. The number of likely N-dealkylation sites (tertiary alicyclic amines) is 1. The first-order chi connectivity index (χ1) is 18.7. The van der Waals surface area contributed by atoms with Gasteiger partial charge in [0.2, 0.25) is 0 Å². The fourth-order valence-electron chi connectivity index (χ4n) is 6.60. The van der Waals surface area contributed by atoms with Crippen molar-refractivity contribution >= 4 is 5.52 Å². The van der Waals surface area contributed by atoms with Gasteiger partial charge in [-0.1, -0.05) is 18.6 Å². The van der Waals surface area contributed by atoms with Gasteiger partial charge in [-0.05, 0) is 79.3 Å². The van der Waals surface area contributed by atoms with E-state index in [2.05, 4.69) is 15.1 Å². The molecule has 0 N–H and O–H groups in total. The van der Waals surface area contributed by atoms with Gasteiger partial charge >= 0.3 is 11.9 Å². The summed E-state index contributed by atoms with van der Waals surface area (Å²) < 4.78 is 47.1. The van der Waals surface area contributed by atoms with E-state index >= 15 is 0 Å². The highest BCUT2D eigenvalue weighted by atomic mass is 19.4. The molecule has 0 radical (unpaired) electrons. The highest BCUT2D eigenvalue weighted by Gasteiger charge is 2.47. The molecule has 0 bridgehead atoms. The molecule has 7 rings (SSSR count). The molecule has 204 valence electrons. The molecule has 1 atom stereocenters. The van der Waals surface area contributed by atoms with Crippen LogP contribution in [0.15, 0.2) is 53.8 Å². The molecule has 10 heteroatoms. The Kier molecular flexibility index (Phi) is 5.56. The summed E-state index contributed by atoms with van der Waals surface area (Å²) in [4.78, 5) is 15.8. The number of hydrogen-bond acceptors (Lipinski definition) is 4. The smallest absolute Gasteiger partial charge is 0.320 e. The minimum Gasteiger partial charge on any atom is -0.320 e. The van der Waals surface area contributed by atoms with Crippen molar-refractivity contribution in [1.29, 1.82) is 0 Å². The zero-order valence-electron chi connectivity index (χ0n) is 21.9. The first kappa shape index (κ1) is 24.6. The molecule has 7 nitrogen and oxygen atoms in total. The summed E-state index contributed by atoms with van der Waals surface area (Å²) in [6.07, 6.45) is 6.83. The molecule has 1 unspecified atom stereocenters. The molecule has 4 aromatic rings. The van der Waals surface area contributed by atoms with E-state index in [0.717, 1.165) is 50.2 Å². The Morgan fingerprint density at radius 2 is 1.95 bits per heavy atom. The molecule has 1 spiro atoms. The van der Waals surface area contributed by atoms with Gasteiger partial charge in [-0.15, -0.1) is 10.2 Å². The molecular weight excluding hydrogens is 505 g/mol. The van der Waals surface area contributed by atoms with Crippen LogP contribution in [0.2, 0.25) is 0 Å². The molecule has 39 heavy (non-hydrogen) atoms. The lowest BCUT2D eigenvalue weighted by Crippen LogP contribution is -2.24. The maximum Gasteiger partial charge on any atom is 0.418 e. The van der Waals surface area contributed by atoms with Crippen molar-refractivity contribution in [2.75, 3.05) is 13.1 Å². The summed E-state index contributed by atoms with van der Waals surface area (Å²) in [5.74, 6) is 1.27. The quantitative estimate of drug-likeness (QED) is 0.342. The van der Waals surface area contributed by atoms with Crippen LogP contribution in [0, 0.1) is 11.3 Å².